The Bertz CT molecular complexity index is 546. The second-order valence-corrected chi connectivity index (χ2v) is 4.56. The highest BCUT2D eigenvalue weighted by Gasteiger charge is 2.14. The number of hydrogen-bond donors (Lipinski definition) is 2. The second-order valence-electron chi connectivity index (χ2n) is 4.56. The average Bonchev–Trinajstić information content (AvgIpc) is 2.47. The summed E-state index contributed by atoms with van der Waals surface area (Å²) >= 11 is 0. The van der Waals surface area contributed by atoms with Crippen molar-refractivity contribution >= 4 is 22.3 Å². The maximum Gasteiger partial charge on any atom is 0.136 e. The largest absolute Gasteiger partial charge is 0.388 e. The number of aromatic nitrogens is 1. The van der Waals surface area contributed by atoms with Gasteiger partial charge in [0.2, 0.25) is 0 Å². The molecule has 0 atom stereocenters. The van der Waals surface area contributed by atoms with Crippen molar-refractivity contribution < 1.29 is 0 Å². The number of piperazine rings is 1. The van der Waals surface area contributed by atoms with Gasteiger partial charge in [0, 0.05) is 50.5 Å². The van der Waals surface area contributed by atoms with Crippen LogP contribution in [0.5, 0.6) is 0 Å². The molecular weight excluding hydrogens is 224 g/mol. The molecule has 0 aliphatic carbocycles. The van der Waals surface area contributed by atoms with Gasteiger partial charge in [-0.25, -0.2) is 4.98 Å². The monoisotopic (exact) mass is 242 g/mol. The standard InChI is InChI=1S/C14H18N4/c1-15-12-3-2-11-4-5-17-14(13(11)10-12)18-8-6-16-7-9-18/h2-5,10,15-16H,6-9H2,1H3. The zero-order valence-electron chi connectivity index (χ0n) is 10.6. The van der Waals surface area contributed by atoms with Gasteiger partial charge in [0.05, 0.1) is 0 Å². The fourth-order valence-corrected chi connectivity index (χ4v) is 2.44. The predicted octanol–water partition coefficient (Wildman–Crippen LogP) is 1.69. The third kappa shape index (κ3) is 1.99. The van der Waals surface area contributed by atoms with Gasteiger partial charge in [-0.3, -0.25) is 0 Å². The topological polar surface area (TPSA) is 40.2 Å². The van der Waals surface area contributed by atoms with E-state index >= 15 is 0 Å². The van der Waals surface area contributed by atoms with E-state index in [0.29, 0.717) is 0 Å². The van der Waals surface area contributed by atoms with Crippen LogP contribution in [0.15, 0.2) is 30.5 Å². The van der Waals surface area contributed by atoms with Crippen molar-refractivity contribution in [3.63, 3.8) is 0 Å². The molecule has 0 unspecified atom stereocenters. The van der Waals surface area contributed by atoms with Gasteiger partial charge in [0.25, 0.3) is 0 Å². The van der Waals surface area contributed by atoms with E-state index in [1.165, 1.54) is 10.8 Å². The second kappa shape index (κ2) is 4.82. The van der Waals surface area contributed by atoms with Crippen LogP contribution in [0.4, 0.5) is 11.5 Å². The Morgan fingerprint density at radius 2 is 2.06 bits per heavy atom. The van der Waals surface area contributed by atoms with E-state index in [1.54, 1.807) is 0 Å². The summed E-state index contributed by atoms with van der Waals surface area (Å²) in [5, 5.41) is 9.04. The molecule has 0 bridgehead atoms. The molecule has 2 N–H and O–H groups in total. The van der Waals surface area contributed by atoms with E-state index < -0.39 is 0 Å². The Hall–Kier alpha value is -1.81. The molecule has 0 spiro atoms. The molecule has 4 nitrogen and oxygen atoms in total. The van der Waals surface area contributed by atoms with Crippen molar-refractivity contribution in [1.29, 1.82) is 0 Å². The first-order valence-corrected chi connectivity index (χ1v) is 6.41. The van der Waals surface area contributed by atoms with Crippen molar-refractivity contribution in [3.8, 4) is 0 Å². The summed E-state index contributed by atoms with van der Waals surface area (Å²) in [5.41, 5.74) is 1.13. The Balaban J connectivity index is 2.09. The lowest BCUT2D eigenvalue weighted by atomic mass is 10.1. The number of nitrogens with one attached hydrogen (secondary N) is 2. The normalized spacial score (nSPS) is 15.9. The van der Waals surface area contributed by atoms with Crippen LogP contribution in [-0.4, -0.2) is 38.2 Å². The maximum atomic E-state index is 4.58. The van der Waals surface area contributed by atoms with Crippen molar-refractivity contribution in [1.82, 2.24) is 10.3 Å². The smallest absolute Gasteiger partial charge is 0.136 e. The molecule has 1 aromatic heterocycles. The molecule has 4 heteroatoms. The van der Waals surface area contributed by atoms with Gasteiger partial charge in [-0.15, -0.1) is 0 Å². The molecule has 0 radical (unpaired) electrons. The van der Waals surface area contributed by atoms with Crippen LogP contribution < -0.4 is 15.5 Å². The van der Waals surface area contributed by atoms with Crippen LogP contribution in [0.1, 0.15) is 0 Å². The van der Waals surface area contributed by atoms with Gasteiger partial charge >= 0.3 is 0 Å². The lowest BCUT2D eigenvalue weighted by molar-refractivity contribution is 0.586. The fourth-order valence-electron chi connectivity index (χ4n) is 2.44. The van der Waals surface area contributed by atoms with Crippen LogP contribution in [-0.2, 0) is 0 Å². The van der Waals surface area contributed by atoms with E-state index in [4.69, 9.17) is 0 Å². The fraction of sp³-hybridized carbons (Fsp3) is 0.357. The number of anilines is 2. The first-order valence-electron chi connectivity index (χ1n) is 6.41. The molecule has 0 saturated carbocycles. The van der Waals surface area contributed by atoms with Gasteiger partial charge in [-0.1, -0.05) is 6.07 Å². The number of pyridine rings is 1. The molecule has 1 aliphatic rings. The van der Waals surface area contributed by atoms with Crippen LogP contribution in [0.25, 0.3) is 10.8 Å². The Labute approximate surface area is 107 Å². The van der Waals surface area contributed by atoms with Crippen LogP contribution in [0.3, 0.4) is 0 Å². The van der Waals surface area contributed by atoms with Gasteiger partial charge in [0.1, 0.15) is 5.82 Å². The highest BCUT2D eigenvalue weighted by atomic mass is 15.2. The summed E-state index contributed by atoms with van der Waals surface area (Å²) in [7, 11) is 1.95. The minimum absolute atomic E-state index is 1.02. The molecule has 0 amide bonds. The first-order chi connectivity index (χ1) is 8.88. The molecule has 1 fully saturated rings. The minimum atomic E-state index is 1.02. The number of nitrogens with zero attached hydrogens (tertiary/aromatic N) is 2. The number of benzene rings is 1. The summed E-state index contributed by atoms with van der Waals surface area (Å²) < 4.78 is 0. The van der Waals surface area contributed by atoms with E-state index in [2.05, 4.69) is 44.8 Å². The third-order valence-corrected chi connectivity index (χ3v) is 3.45. The number of rotatable bonds is 2. The summed E-state index contributed by atoms with van der Waals surface area (Å²) in [6.07, 6.45) is 1.90. The molecular formula is C14H18N4. The highest BCUT2D eigenvalue weighted by molar-refractivity contribution is 5.94. The summed E-state index contributed by atoms with van der Waals surface area (Å²) in [6, 6.07) is 8.50. The van der Waals surface area contributed by atoms with Crippen molar-refractivity contribution in [2.24, 2.45) is 0 Å². The summed E-state index contributed by atoms with van der Waals surface area (Å²) in [6.45, 7) is 4.11. The molecule has 3 rings (SSSR count). The lowest BCUT2D eigenvalue weighted by Gasteiger charge is -2.29. The Morgan fingerprint density at radius 3 is 2.83 bits per heavy atom. The van der Waals surface area contributed by atoms with Gasteiger partial charge < -0.3 is 15.5 Å². The molecule has 2 aromatic rings. The van der Waals surface area contributed by atoms with Crippen molar-refractivity contribution in [2.75, 3.05) is 43.4 Å². The van der Waals surface area contributed by atoms with Crippen LogP contribution in [0, 0.1) is 0 Å². The minimum Gasteiger partial charge on any atom is -0.388 e. The van der Waals surface area contributed by atoms with Gasteiger partial charge in [-0.2, -0.15) is 0 Å². The van der Waals surface area contributed by atoms with Crippen LogP contribution in [0.2, 0.25) is 0 Å². The van der Waals surface area contributed by atoms with Gasteiger partial charge in [-0.05, 0) is 23.6 Å². The average molecular weight is 242 g/mol. The van der Waals surface area contributed by atoms with Crippen molar-refractivity contribution in [2.45, 2.75) is 0 Å². The summed E-state index contributed by atoms with van der Waals surface area (Å²) in [5.74, 6) is 1.10. The lowest BCUT2D eigenvalue weighted by Crippen LogP contribution is -2.43. The van der Waals surface area contributed by atoms with E-state index in [9.17, 15) is 0 Å². The quantitative estimate of drug-likeness (QED) is 0.840. The van der Waals surface area contributed by atoms with Crippen LogP contribution >= 0.6 is 0 Å². The van der Waals surface area contributed by atoms with E-state index in [1.807, 2.05) is 13.2 Å². The zero-order valence-corrected chi connectivity index (χ0v) is 10.6. The molecule has 2 heterocycles. The molecule has 94 valence electrons. The summed E-state index contributed by atoms with van der Waals surface area (Å²) in [4.78, 5) is 6.94. The zero-order chi connectivity index (χ0) is 12.4. The van der Waals surface area contributed by atoms with E-state index in [-0.39, 0.29) is 0 Å². The molecule has 18 heavy (non-hydrogen) atoms. The predicted molar refractivity (Wildman–Crippen MR) is 76.4 cm³/mol. The number of hydrogen-bond acceptors (Lipinski definition) is 4. The SMILES string of the molecule is CNc1ccc2ccnc(N3CCNCC3)c2c1. The van der Waals surface area contributed by atoms with Crippen molar-refractivity contribution in [3.05, 3.63) is 30.5 Å². The Kier molecular flexibility index (Phi) is 3.02. The molecule has 1 aliphatic heterocycles. The maximum absolute atomic E-state index is 4.58. The van der Waals surface area contributed by atoms with Gasteiger partial charge in [0.15, 0.2) is 0 Å². The number of fused-ring (bicyclic) bond motifs is 1. The third-order valence-electron chi connectivity index (χ3n) is 3.45. The highest BCUT2D eigenvalue weighted by Crippen LogP contribution is 2.27. The molecule has 1 aromatic carbocycles. The van der Waals surface area contributed by atoms with E-state index in [0.717, 1.165) is 37.7 Å². The molecule has 1 saturated heterocycles. The first kappa shape index (κ1) is 11.3. The Morgan fingerprint density at radius 1 is 1.22 bits per heavy atom.